The number of rotatable bonds is 5. The van der Waals surface area contributed by atoms with Crippen molar-refractivity contribution in [2.45, 2.75) is 52.0 Å². The highest BCUT2D eigenvalue weighted by molar-refractivity contribution is 5.75. The van der Waals surface area contributed by atoms with Gasteiger partial charge in [-0.2, -0.15) is 0 Å². The summed E-state index contributed by atoms with van der Waals surface area (Å²) in [4.78, 5) is 16.8. The van der Waals surface area contributed by atoms with Crippen LogP contribution in [-0.2, 0) is 11.3 Å². The Balaban J connectivity index is 1.36. The van der Waals surface area contributed by atoms with Gasteiger partial charge in [-0.05, 0) is 69.4 Å². The van der Waals surface area contributed by atoms with Crippen LogP contribution in [0.1, 0.15) is 39.2 Å². The maximum absolute atomic E-state index is 13.4. The van der Waals surface area contributed by atoms with Crippen LogP contribution in [-0.4, -0.2) is 42.5 Å². The molecular weight excluding hydrogens is 407 g/mol. The quantitative estimate of drug-likeness (QED) is 0.701. The molecule has 6 nitrogen and oxygen atoms in total. The first kappa shape index (κ1) is 22.4. The molecule has 0 spiro atoms. The van der Waals surface area contributed by atoms with E-state index in [9.17, 15) is 9.18 Å². The van der Waals surface area contributed by atoms with Gasteiger partial charge < -0.3 is 20.3 Å². The molecule has 2 aromatic rings. The molecule has 1 atom stereocenters. The van der Waals surface area contributed by atoms with Crippen molar-refractivity contribution < 1.29 is 13.9 Å². The summed E-state index contributed by atoms with van der Waals surface area (Å²) in [6, 6.07) is 15.1. The highest BCUT2D eigenvalue weighted by Crippen LogP contribution is 2.37. The minimum absolute atomic E-state index is 0.0530. The molecule has 0 saturated carbocycles. The lowest BCUT2D eigenvalue weighted by Gasteiger charge is -2.40. The third-order valence-corrected chi connectivity index (χ3v) is 5.99. The van der Waals surface area contributed by atoms with Crippen LogP contribution in [0.25, 0.3) is 0 Å². The van der Waals surface area contributed by atoms with E-state index in [4.69, 9.17) is 4.74 Å². The number of para-hydroxylation sites is 2. The zero-order valence-electron chi connectivity index (χ0n) is 19.1. The minimum atomic E-state index is -0.482. The Hall–Kier alpha value is -2.80. The number of alkyl carbamates (subject to hydrolysis) is 1. The lowest BCUT2D eigenvalue weighted by molar-refractivity contribution is 0.0506. The van der Waals surface area contributed by atoms with Crippen LogP contribution in [0.4, 0.5) is 20.6 Å². The van der Waals surface area contributed by atoms with Crippen LogP contribution in [0.15, 0.2) is 48.5 Å². The molecule has 7 heteroatoms. The fraction of sp³-hybridized carbons (Fsp3) is 0.480. The van der Waals surface area contributed by atoms with E-state index in [0.29, 0.717) is 19.0 Å². The molecule has 2 aliphatic rings. The van der Waals surface area contributed by atoms with Crippen LogP contribution < -0.4 is 15.5 Å². The standard InChI is InChI=1S/C25H33FN4O2/c1-25(2,3)32-24(31)27-16-18-12-14-29(15-13-18)23-28-21-6-4-5-7-22(21)30(23)17-19-8-10-20(26)11-9-19/h4-11,18,23,28H,12-17H2,1-3H3,(H,27,31). The van der Waals surface area contributed by atoms with Crippen LogP contribution >= 0.6 is 0 Å². The van der Waals surface area contributed by atoms with E-state index in [0.717, 1.165) is 42.9 Å². The number of hydrogen-bond acceptors (Lipinski definition) is 5. The Morgan fingerprint density at radius 2 is 1.81 bits per heavy atom. The van der Waals surface area contributed by atoms with Crippen molar-refractivity contribution in [2.75, 3.05) is 29.9 Å². The van der Waals surface area contributed by atoms with Crippen LogP contribution in [0.3, 0.4) is 0 Å². The molecule has 4 rings (SSSR count). The number of fused-ring (bicyclic) bond motifs is 1. The number of carbonyl (C=O) groups is 1. The molecule has 1 unspecified atom stereocenters. The van der Waals surface area contributed by atoms with Crippen LogP contribution in [0.2, 0.25) is 0 Å². The van der Waals surface area contributed by atoms with Crippen molar-refractivity contribution in [3.8, 4) is 0 Å². The van der Waals surface area contributed by atoms with E-state index < -0.39 is 5.60 Å². The average Bonchev–Trinajstić information content (AvgIpc) is 3.11. The Bertz CT molecular complexity index is 920. The van der Waals surface area contributed by atoms with Gasteiger partial charge in [-0.3, -0.25) is 4.90 Å². The van der Waals surface area contributed by atoms with Crippen molar-refractivity contribution in [3.05, 3.63) is 59.9 Å². The van der Waals surface area contributed by atoms with Gasteiger partial charge in [0.25, 0.3) is 0 Å². The normalized spacial score (nSPS) is 19.4. The molecule has 2 heterocycles. The van der Waals surface area contributed by atoms with Gasteiger partial charge >= 0.3 is 6.09 Å². The van der Waals surface area contributed by atoms with Crippen molar-refractivity contribution in [2.24, 2.45) is 5.92 Å². The summed E-state index contributed by atoms with van der Waals surface area (Å²) in [5.74, 6) is 0.223. The molecule has 1 amide bonds. The summed E-state index contributed by atoms with van der Waals surface area (Å²) >= 11 is 0. The maximum atomic E-state index is 13.4. The number of benzene rings is 2. The second-order valence-corrected chi connectivity index (χ2v) is 9.65. The second kappa shape index (κ2) is 9.36. The number of nitrogens with zero attached hydrogens (tertiary/aromatic N) is 2. The first-order valence-electron chi connectivity index (χ1n) is 11.4. The number of likely N-dealkylation sites (tertiary alicyclic amines) is 1. The number of carbonyl (C=O) groups excluding carboxylic acids is 1. The lowest BCUT2D eigenvalue weighted by atomic mass is 9.97. The first-order valence-corrected chi connectivity index (χ1v) is 11.4. The highest BCUT2D eigenvalue weighted by Gasteiger charge is 2.35. The topological polar surface area (TPSA) is 56.8 Å². The number of nitrogens with one attached hydrogen (secondary N) is 2. The highest BCUT2D eigenvalue weighted by atomic mass is 19.1. The van der Waals surface area contributed by atoms with Crippen molar-refractivity contribution in [1.29, 1.82) is 0 Å². The average molecular weight is 441 g/mol. The minimum Gasteiger partial charge on any atom is -0.444 e. The first-order chi connectivity index (χ1) is 15.3. The summed E-state index contributed by atoms with van der Waals surface area (Å²) in [6.07, 6.45) is 1.72. The van der Waals surface area contributed by atoms with Gasteiger partial charge in [0.15, 0.2) is 6.29 Å². The number of hydrogen-bond donors (Lipinski definition) is 2. The van der Waals surface area contributed by atoms with E-state index in [-0.39, 0.29) is 18.2 Å². The molecule has 1 saturated heterocycles. The van der Waals surface area contributed by atoms with Gasteiger partial charge in [0.2, 0.25) is 0 Å². The molecule has 0 radical (unpaired) electrons. The zero-order chi connectivity index (χ0) is 22.7. The Labute approximate surface area is 189 Å². The lowest BCUT2D eigenvalue weighted by Crippen LogP contribution is -2.53. The fourth-order valence-corrected chi connectivity index (χ4v) is 4.38. The van der Waals surface area contributed by atoms with E-state index in [2.05, 4.69) is 38.6 Å². The molecule has 0 aromatic heterocycles. The van der Waals surface area contributed by atoms with Gasteiger partial charge in [0, 0.05) is 26.2 Å². The molecule has 32 heavy (non-hydrogen) atoms. The van der Waals surface area contributed by atoms with Gasteiger partial charge in [-0.25, -0.2) is 9.18 Å². The largest absolute Gasteiger partial charge is 0.444 e. The SMILES string of the molecule is CC(C)(C)OC(=O)NCC1CCN(C2Nc3ccccc3N2Cc2ccc(F)cc2)CC1. The molecular formula is C25H33FN4O2. The third kappa shape index (κ3) is 5.51. The van der Waals surface area contributed by atoms with Crippen molar-refractivity contribution in [1.82, 2.24) is 10.2 Å². The number of amides is 1. The number of anilines is 2. The van der Waals surface area contributed by atoms with Crippen molar-refractivity contribution >= 4 is 17.5 Å². The van der Waals surface area contributed by atoms with Gasteiger partial charge in [-0.15, -0.1) is 0 Å². The summed E-state index contributed by atoms with van der Waals surface area (Å²) in [6.45, 7) is 8.83. The molecule has 2 aliphatic heterocycles. The second-order valence-electron chi connectivity index (χ2n) is 9.65. The van der Waals surface area contributed by atoms with Gasteiger partial charge in [0.05, 0.1) is 11.4 Å². The van der Waals surface area contributed by atoms with Crippen LogP contribution in [0.5, 0.6) is 0 Å². The number of halogens is 1. The van der Waals surface area contributed by atoms with Crippen molar-refractivity contribution in [3.63, 3.8) is 0 Å². The van der Waals surface area contributed by atoms with Gasteiger partial charge in [0.1, 0.15) is 11.4 Å². The Morgan fingerprint density at radius 3 is 2.50 bits per heavy atom. The Morgan fingerprint density at radius 1 is 1.12 bits per heavy atom. The predicted molar refractivity (Wildman–Crippen MR) is 125 cm³/mol. The molecule has 2 N–H and O–H groups in total. The smallest absolute Gasteiger partial charge is 0.407 e. The van der Waals surface area contributed by atoms with E-state index in [1.54, 1.807) is 0 Å². The van der Waals surface area contributed by atoms with E-state index in [1.807, 2.05) is 39.0 Å². The zero-order valence-corrected chi connectivity index (χ0v) is 19.1. The monoisotopic (exact) mass is 440 g/mol. The molecule has 1 fully saturated rings. The third-order valence-electron chi connectivity index (χ3n) is 5.99. The predicted octanol–water partition coefficient (Wildman–Crippen LogP) is 4.78. The fourth-order valence-electron chi connectivity index (χ4n) is 4.38. The number of piperidine rings is 1. The summed E-state index contributed by atoms with van der Waals surface area (Å²) < 4.78 is 18.7. The maximum Gasteiger partial charge on any atom is 0.407 e. The number of ether oxygens (including phenoxy) is 1. The molecule has 0 aliphatic carbocycles. The molecule has 172 valence electrons. The van der Waals surface area contributed by atoms with E-state index >= 15 is 0 Å². The summed E-state index contributed by atoms with van der Waals surface area (Å²) in [5, 5.41) is 6.58. The Kier molecular flexibility index (Phi) is 6.55. The summed E-state index contributed by atoms with van der Waals surface area (Å²) in [5.41, 5.74) is 2.88. The van der Waals surface area contributed by atoms with E-state index in [1.165, 1.54) is 12.1 Å². The molecule has 0 bridgehead atoms. The molecule has 2 aromatic carbocycles. The van der Waals surface area contributed by atoms with Crippen LogP contribution in [0, 0.1) is 11.7 Å². The van der Waals surface area contributed by atoms with Gasteiger partial charge in [-0.1, -0.05) is 24.3 Å². The summed E-state index contributed by atoms with van der Waals surface area (Å²) in [7, 11) is 0.